The van der Waals surface area contributed by atoms with Gasteiger partial charge < -0.3 is 10.1 Å². The number of hydrogen-bond donors (Lipinski definition) is 1. The summed E-state index contributed by atoms with van der Waals surface area (Å²) in [5.74, 6) is 0.700. The highest BCUT2D eigenvalue weighted by Gasteiger charge is 2.50. The topological polar surface area (TPSA) is 21.3 Å². The predicted octanol–water partition coefficient (Wildman–Crippen LogP) is 0.773. The van der Waals surface area contributed by atoms with E-state index in [2.05, 4.69) is 19.2 Å². The van der Waals surface area contributed by atoms with Gasteiger partial charge in [-0.2, -0.15) is 0 Å². The minimum Gasteiger partial charge on any atom is -0.369 e. The molecule has 0 bridgehead atoms. The molecule has 2 fully saturated rings. The van der Waals surface area contributed by atoms with E-state index in [-0.39, 0.29) is 5.60 Å². The highest BCUT2D eigenvalue weighted by atomic mass is 16.5. The van der Waals surface area contributed by atoms with Crippen LogP contribution >= 0.6 is 0 Å². The summed E-state index contributed by atoms with van der Waals surface area (Å²) in [6, 6.07) is 0. The third kappa shape index (κ3) is 0.789. The van der Waals surface area contributed by atoms with Crippen LogP contribution in [0.2, 0.25) is 0 Å². The molecule has 10 heavy (non-hydrogen) atoms. The van der Waals surface area contributed by atoms with Crippen LogP contribution in [0.3, 0.4) is 0 Å². The minimum atomic E-state index is 0.287. The monoisotopic (exact) mass is 141 g/mol. The highest BCUT2D eigenvalue weighted by molar-refractivity contribution is 5.04. The zero-order valence-corrected chi connectivity index (χ0v) is 6.68. The smallest absolute Gasteiger partial charge is 0.0958 e. The fourth-order valence-electron chi connectivity index (χ4n) is 1.68. The van der Waals surface area contributed by atoms with Crippen molar-refractivity contribution in [2.24, 2.45) is 5.92 Å². The first kappa shape index (κ1) is 6.62. The molecule has 0 amide bonds. The van der Waals surface area contributed by atoms with E-state index in [0.29, 0.717) is 12.0 Å². The molecule has 1 unspecified atom stereocenters. The molecule has 0 aliphatic carbocycles. The Bertz CT molecular complexity index is 132. The molecule has 2 rings (SSSR count). The van der Waals surface area contributed by atoms with Crippen LogP contribution < -0.4 is 5.32 Å². The molecule has 1 N–H and O–H groups in total. The second-order valence-electron chi connectivity index (χ2n) is 3.89. The van der Waals surface area contributed by atoms with Crippen molar-refractivity contribution in [3.63, 3.8) is 0 Å². The molecule has 58 valence electrons. The van der Waals surface area contributed by atoms with E-state index in [1.165, 1.54) is 6.42 Å². The van der Waals surface area contributed by atoms with E-state index < -0.39 is 0 Å². The molecule has 2 saturated heterocycles. The van der Waals surface area contributed by atoms with Gasteiger partial charge in [-0.05, 0) is 5.92 Å². The quantitative estimate of drug-likeness (QED) is 0.582. The van der Waals surface area contributed by atoms with Crippen molar-refractivity contribution in [2.45, 2.75) is 32.0 Å². The van der Waals surface area contributed by atoms with Crippen LogP contribution in [-0.4, -0.2) is 24.8 Å². The largest absolute Gasteiger partial charge is 0.369 e. The lowest BCUT2D eigenvalue weighted by Crippen LogP contribution is -2.70. The van der Waals surface area contributed by atoms with Crippen LogP contribution in [0.15, 0.2) is 0 Å². The van der Waals surface area contributed by atoms with Gasteiger partial charge in [0.05, 0.1) is 11.7 Å². The van der Waals surface area contributed by atoms with Gasteiger partial charge in [-0.25, -0.2) is 0 Å². The van der Waals surface area contributed by atoms with Gasteiger partial charge in [0.25, 0.3) is 0 Å². The van der Waals surface area contributed by atoms with E-state index in [9.17, 15) is 0 Å². The Hall–Kier alpha value is -0.0800. The molecule has 2 heteroatoms. The Morgan fingerprint density at radius 1 is 1.50 bits per heavy atom. The van der Waals surface area contributed by atoms with Crippen LogP contribution in [-0.2, 0) is 4.74 Å². The average molecular weight is 141 g/mol. The first-order chi connectivity index (χ1) is 4.72. The van der Waals surface area contributed by atoms with E-state index >= 15 is 0 Å². The van der Waals surface area contributed by atoms with Crippen molar-refractivity contribution < 1.29 is 4.74 Å². The second-order valence-corrected chi connectivity index (χ2v) is 3.89. The molecule has 2 aliphatic heterocycles. The molecule has 0 aromatic rings. The van der Waals surface area contributed by atoms with E-state index in [1.54, 1.807) is 0 Å². The van der Waals surface area contributed by atoms with E-state index in [1.807, 2.05) is 0 Å². The maximum atomic E-state index is 5.76. The number of rotatable bonds is 1. The van der Waals surface area contributed by atoms with E-state index in [4.69, 9.17) is 4.74 Å². The lowest BCUT2D eigenvalue weighted by molar-refractivity contribution is -0.240. The Kier molecular flexibility index (Phi) is 1.29. The fourth-order valence-corrected chi connectivity index (χ4v) is 1.68. The summed E-state index contributed by atoms with van der Waals surface area (Å²) < 4.78 is 5.76. The normalized spacial score (nSPS) is 35.7. The molecule has 0 aromatic heterocycles. The number of hydrogen-bond acceptors (Lipinski definition) is 2. The molecule has 2 heterocycles. The second kappa shape index (κ2) is 1.95. The summed E-state index contributed by atoms with van der Waals surface area (Å²) in [7, 11) is 0. The average Bonchev–Trinajstić information content (AvgIpc) is 1.54. The maximum absolute atomic E-state index is 5.76. The minimum absolute atomic E-state index is 0.287. The first-order valence-electron chi connectivity index (χ1n) is 4.10. The van der Waals surface area contributed by atoms with Crippen LogP contribution in [0, 0.1) is 5.92 Å². The number of ether oxygens (including phenoxy) is 1. The van der Waals surface area contributed by atoms with Gasteiger partial charge >= 0.3 is 0 Å². The molecule has 1 atom stereocenters. The van der Waals surface area contributed by atoms with Crippen molar-refractivity contribution in [3.8, 4) is 0 Å². The Labute approximate surface area is 61.9 Å². The molecule has 2 aliphatic rings. The predicted molar refractivity (Wildman–Crippen MR) is 39.9 cm³/mol. The lowest BCUT2D eigenvalue weighted by atomic mass is 9.80. The molecule has 1 spiro atoms. The van der Waals surface area contributed by atoms with Gasteiger partial charge in [-0.15, -0.1) is 0 Å². The zero-order valence-electron chi connectivity index (χ0n) is 6.68. The third-order valence-corrected chi connectivity index (χ3v) is 2.61. The Morgan fingerprint density at radius 3 is 2.40 bits per heavy atom. The standard InChI is InChI=1S/C8H15NO/c1-6(2)7-3-8(10-7)4-9-5-8/h6-7,9H,3-5H2,1-2H3. The summed E-state index contributed by atoms with van der Waals surface area (Å²) in [6.45, 7) is 6.61. The van der Waals surface area contributed by atoms with Crippen molar-refractivity contribution in [2.75, 3.05) is 13.1 Å². The van der Waals surface area contributed by atoms with Crippen LogP contribution in [0.1, 0.15) is 20.3 Å². The number of nitrogens with one attached hydrogen (secondary N) is 1. The highest BCUT2D eigenvalue weighted by Crippen LogP contribution is 2.38. The molecule has 2 nitrogen and oxygen atoms in total. The van der Waals surface area contributed by atoms with Gasteiger partial charge in [0.2, 0.25) is 0 Å². The van der Waals surface area contributed by atoms with E-state index in [0.717, 1.165) is 13.1 Å². The van der Waals surface area contributed by atoms with Crippen molar-refractivity contribution in [3.05, 3.63) is 0 Å². The van der Waals surface area contributed by atoms with Crippen molar-refractivity contribution >= 4 is 0 Å². The zero-order chi connectivity index (χ0) is 7.19. The van der Waals surface area contributed by atoms with Gasteiger partial charge in [0.1, 0.15) is 0 Å². The van der Waals surface area contributed by atoms with Gasteiger partial charge in [0, 0.05) is 19.5 Å². The molecule has 0 saturated carbocycles. The summed E-state index contributed by atoms with van der Waals surface area (Å²) in [4.78, 5) is 0. The van der Waals surface area contributed by atoms with Gasteiger partial charge in [-0.3, -0.25) is 0 Å². The molecular formula is C8H15NO. The van der Waals surface area contributed by atoms with Crippen molar-refractivity contribution in [1.29, 1.82) is 0 Å². The molecular weight excluding hydrogens is 126 g/mol. The Morgan fingerprint density at radius 2 is 2.10 bits per heavy atom. The van der Waals surface area contributed by atoms with Gasteiger partial charge in [-0.1, -0.05) is 13.8 Å². The summed E-state index contributed by atoms with van der Waals surface area (Å²) in [5.41, 5.74) is 0.287. The summed E-state index contributed by atoms with van der Waals surface area (Å²) >= 11 is 0. The van der Waals surface area contributed by atoms with Crippen molar-refractivity contribution in [1.82, 2.24) is 5.32 Å². The Balaban J connectivity index is 1.82. The summed E-state index contributed by atoms with van der Waals surface area (Å²) in [5, 5.41) is 3.24. The van der Waals surface area contributed by atoms with Crippen LogP contribution in [0.25, 0.3) is 0 Å². The molecule has 0 radical (unpaired) electrons. The maximum Gasteiger partial charge on any atom is 0.0958 e. The molecule has 0 aromatic carbocycles. The van der Waals surface area contributed by atoms with Gasteiger partial charge in [0.15, 0.2) is 0 Å². The first-order valence-corrected chi connectivity index (χ1v) is 4.10. The summed E-state index contributed by atoms with van der Waals surface area (Å²) in [6.07, 6.45) is 1.82. The lowest BCUT2D eigenvalue weighted by Gasteiger charge is -2.55. The fraction of sp³-hybridized carbons (Fsp3) is 1.00. The third-order valence-electron chi connectivity index (χ3n) is 2.61. The van der Waals surface area contributed by atoms with Crippen LogP contribution in [0.4, 0.5) is 0 Å². The SMILES string of the molecule is CC(C)C1CC2(CNC2)O1. The van der Waals surface area contributed by atoms with Crippen LogP contribution in [0.5, 0.6) is 0 Å².